The standard InChI is InChI=1S/C19H25N3O7S2/c1-5-29-15(23)11-21-16-13(27-2)8-9-14(28-3)17(16)30-19(21)20-18(24)12-7-6-10-22(12)31(4,25)26/h8-9,12H,5-7,10-11H2,1-4H3. The summed E-state index contributed by atoms with van der Waals surface area (Å²) in [4.78, 5) is 29.7. The minimum atomic E-state index is -3.54. The number of sulfonamides is 1. The number of nitrogens with zero attached hydrogens (tertiary/aromatic N) is 3. The van der Waals surface area contributed by atoms with Crippen LogP contribution in [0.1, 0.15) is 19.8 Å². The van der Waals surface area contributed by atoms with E-state index < -0.39 is 27.9 Å². The van der Waals surface area contributed by atoms with Crippen LogP contribution < -0.4 is 14.3 Å². The Bertz CT molecular complexity index is 1170. The van der Waals surface area contributed by atoms with Gasteiger partial charge in [0, 0.05) is 6.54 Å². The summed E-state index contributed by atoms with van der Waals surface area (Å²) in [5.41, 5.74) is 0.540. The number of aromatic nitrogens is 1. The van der Waals surface area contributed by atoms with Crippen molar-refractivity contribution in [3.05, 3.63) is 16.9 Å². The Balaban J connectivity index is 2.18. The summed E-state index contributed by atoms with van der Waals surface area (Å²) >= 11 is 1.16. The summed E-state index contributed by atoms with van der Waals surface area (Å²) in [5.74, 6) is -0.0700. The van der Waals surface area contributed by atoms with E-state index in [1.807, 2.05) is 0 Å². The first-order valence-corrected chi connectivity index (χ1v) is 12.3. The van der Waals surface area contributed by atoms with Gasteiger partial charge in [-0.15, -0.1) is 0 Å². The lowest BCUT2D eigenvalue weighted by Gasteiger charge is -2.18. The Labute approximate surface area is 184 Å². The Morgan fingerprint density at radius 1 is 1.23 bits per heavy atom. The van der Waals surface area contributed by atoms with Gasteiger partial charge in [0.1, 0.15) is 34.3 Å². The molecule has 0 N–H and O–H groups in total. The van der Waals surface area contributed by atoms with Crippen LogP contribution in [-0.4, -0.2) is 68.8 Å². The van der Waals surface area contributed by atoms with Gasteiger partial charge in [0.2, 0.25) is 10.0 Å². The molecular formula is C19H25N3O7S2. The Kier molecular flexibility index (Phi) is 7.02. The van der Waals surface area contributed by atoms with Gasteiger partial charge in [-0.1, -0.05) is 11.3 Å². The predicted octanol–water partition coefficient (Wildman–Crippen LogP) is 1.13. The molecule has 0 bridgehead atoms. The van der Waals surface area contributed by atoms with Crippen molar-refractivity contribution < 1.29 is 32.2 Å². The number of carbonyl (C=O) groups is 2. The average Bonchev–Trinajstić information content (AvgIpc) is 3.33. The minimum Gasteiger partial charge on any atom is -0.495 e. The highest BCUT2D eigenvalue weighted by Crippen LogP contribution is 2.35. The SMILES string of the molecule is CCOC(=O)Cn1c(=NC(=O)C2CCCN2S(C)(=O)=O)sc2c(OC)ccc(OC)c21. The molecule has 1 fully saturated rings. The second-order valence-corrected chi connectivity index (χ2v) is 9.82. The third-order valence-corrected chi connectivity index (χ3v) is 7.29. The van der Waals surface area contributed by atoms with E-state index in [2.05, 4.69) is 4.99 Å². The lowest BCUT2D eigenvalue weighted by Crippen LogP contribution is -2.40. The number of methoxy groups -OCH3 is 2. The van der Waals surface area contributed by atoms with Crippen molar-refractivity contribution in [3.63, 3.8) is 0 Å². The fourth-order valence-corrected chi connectivity index (χ4v) is 5.84. The lowest BCUT2D eigenvalue weighted by atomic mass is 10.2. The number of hydrogen-bond donors (Lipinski definition) is 0. The third-order valence-electron chi connectivity index (χ3n) is 4.91. The molecule has 1 amide bonds. The van der Waals surface area contributed by atoms with Gasteiger partial charge in [0.05, 0.1) is 27.1 Å². The van der Waals surface area contributed by atoms with E-state index in [1.54, 1.807) is 19.1 Å². The number of rotatable bonds is 7. The van der Waals surface area contributed by atoms with Crippen LogP contribution >= 0.6 is 11.3 Å². The van der Waals surface area contributed by atoms with Gasteiger partial charge in [-0.05, 0) is 31.9 Å². The summed E-state index contributed by atoms with van der Waals surface area (Å²) in [6, 6.07) is 2.56. The third kappa shape index (κ3) is 4.75. The maximum absolute atomic E-state index is 13.0. The van der Waals surface area contributed by atoms with Crippen LogP contribution in [0.25, 0.3) is 10.2 Å². The number of hydrogen-bond acceptors (Lipinski definition) is 8. The molecule has 31 heavy (non-hydrogen) atoms. The molecule has 1 aromatic heterocycles. The molecule has 3 rings (SSSR count). The van der Waals surface area contributed by atoms with Crippen LogP contribution in [0.2, 0.25) is 0 Å². The highest BCUT2D eigenvalue weighted by molar-refractivity contribution is 7.88. The van der Waals surface area contributed by atoms with Crippen molar-refractivity contribution in [1.29, 1.82) is 0 Å². The van der Waals surface area contributed by atoms with Crippen molar-refractivity contribution in [2.24, 2.45) is 4.99 Å². The molecule has 1 aromatic carbocycles. The monoisotopic (exact) mass is 471 g/mol. The van der Waals surface area contributed by atoms with Crippen molar-refractivity contribution in [3.8, 4) is 11.5 Å². The first-order chi connectivity index (χ1) is 14.7. The maximum Gasteiger partial charge on any atom is 0.326 e. The molecule has 1 aliphatic heterocycles. The molecule has 2 aromatic rings. The second kappa shape index (κ2) is 9.37. The summed E-state index contributed by atoms with van der Waals surface area (Å²) < 4.78 is 43.4. The van der Waals surface area contributed by atoms with E-state index in [9.17, 15) is 18.0 Å². The normalized spacial score (nSPS) is 17.8. The van der Waals surface area contributed by atoms with Crippen LogP contribution in [0.15, 0.2) is 17.1 Å². The summed E-state index contributed by atoms with van der Waals surface area (Å²) in [5, 5.41) is 0. The van der Waals surface area contributed by atoms with Crippen molar-refractivity contribution in [2.45, 2.75) is 32.4 Å². The number of ether oxygens (including phenoxy) is 3. The van der Waals surface area contributed by atoms with E-state index in [-0.39, 0.29) is 24.5 Å². The predicted molar refractivity (Wildman–Crippen MR) is 115 cm³/mol. The zero-order valence-electron chi connectivity index (χ0n) is 17.8. The zero-order chi connectivity index (χ0) is 22.8. The van der Waals surface area contributed by atoms with Crippen molar-refractivity contribution in [2.75, 3.05) is 33.6 Å². The van der Waals surface area contributed by atoms with Crippen molar-refractivity contribution >= 4 is 43.5 Å². The van der Waals surface area contributed by atoms with Crippen LogP contribution in [0, 0.1) is 0 Å². The molecule has 1 atom stereocenters. The van der Waals surface area contributed by atoms with Gasteiger partial charge in [-0.25, -0.2) is 8.42 Å². The summed E-state index contributed by atoms with van der Waals surface area (Å²) in [7, 11) is -0.523. The molecule has 0 spiro atoms. The van der Waals surface area contributed by atoms with Gasteiger partial charge < -0.3 is 18.8 Å². The Hall–Kier alpha value is -2.44. The van der Waals surface area contributed by atoms with Crippen LogP contribution in [0.5, 0.6) is 11.5 Å². The molecule has 2 heterocycles. The molecule has 1 unspecified atom stereocenters. The number of benzene rings is 1. The zero-order valence-corrected chi connectivity index (χ0v) is 19.4. The quantitative estimate of drug-likeness (QED) is 0.556. The number of thiazole rings is 1. The van der Waals surface area contributed by atoms with Gasteiger partial charge in [-0.3, -0.25) is 9.59 Å². The number of carbonyl (C=O) groups excluding carboxylic acids is 2. The largest absolute Gasteiger partial charge is 0.495 e. The van der Waals surface area contributed by atoms with Gasteiger partial charge in [0.25, 0.3) is 5.91 Å². The molecule has 1 aliphatic rings. The second-order valence-electron chi connectivity index (χ2n) is 6.91. The molecule has 0 saturated carbocycles. The molecule has 12 heteroatoms. The van der Waals surface area contributed by atoms with E-state index in [4.69, 9.17) is 14.2 Å². The number of fused-ring (bicyclic) bond motifs is 1. The fraction of sp³-hybridized carbons (Fsp3) is 0.526. The van der Waals surface area contributed by atoms with Crippen molar-refractivity contribution in [1.82, 2.24) is 8.87 Å². The molecular weight excluding hydrogens is 446 g/mol. The molecule has 0 aliphatic carbocycles. The first kappa shape index (κ1) is 23.2. The van der Waals surface area contributed by atoms with Gasteiger partial charge in [-0.2, -0.15) is 9.30 Å². The van der Waals surface area contributed by atoms with E-state index in [1.165, 1.54) is 23.1 Å². The minimum absolute atomic E-state index is 0.191. The molecule has 10 nitrogen and oxygen atoms in total. The highest BCUT2D eigenvalue weighted by Gasteiger charge is 2.36. The summed E-state index contributed by atoms with van der Waals surface area (Å²) in [6.07, 6.45) is 2.05. The molecule has 170 valence electrons. The molecule has 0 radical (unpaired) electrons. The number of amides is 1. The van der Waals surface area contributed by atoms with Crippen LogP contribution in [0.4, 0.5) is 0 Å². The van der Waals surface area contributed by atoms with E-state index in [0.717, 1.165) is 17.6 Å². The molecule has 1 saturated heterocycles. The van der Waals surface area contributed by atoms with Gasteiger partial charge >= 0.3 is 5.97 Å². The van der Waals surface area contributed by atoms with Crippen LogP contribution in [0.3, 0.4) is 0 Å². The first-order valence-electron chi connectivity index (χ1n) is 9.66. The van der Waals surface area contributed by atoms with Gasteiger partial charge in [0.15, 0.2) is 4.80 Å². The average molecular weight is 472 g/mol. The smallest absolute Gasteiger partial charge is 0.326 e. The van der Waals surface area contributed by atoms with E-state index in [0.29, 0.717) is 34.6 Å². The topological polar surface area (TPSA) is 116 Å². The van der Waals surface area contributed by atoms with Crippen LogP contribution in [-0.2, 0) is 30.9 Å². The fourth-order valence-electron chi connectivity index (χ4n) is 3.57. The highest BCUT2D eigenvalue weighted by atomic mass is 32.2. The lowest BCUT2D eigenvalue weighted by molar-refractivity contribution is -0.143. The maximum atomic E-state index is 13.0. The Morgan fingerprint density at radius 3 is 2.52 bits per heavy atom. The number of esters is 1. The Morgan fingerprint density at radius 2 is 1.90 bits per heavy atom. The summed E-state index contributed by atoms with van der Waals surface area (Å²) in [6.45, 7) is 2.00. The van der Waals surface area contributed by atoms with E-state index >= 15 is 0 Å².